The summed E-state index contributed by atoms with van der Waals surface area (Å²) in [6.45, 7) is 4.55. The zero-order chi connectivity index (χ0) is 15.0. The smallest absolute Gasteiger partial charge is 0.320 e. The van der Waals surface area contributed by atoms with Gasteiger partial charge >= 0.3 is 5.97 Å². The summed E-state index contributed by atoms with van der Waals surface area (Å²) in [5.41, 5.74) is 0.979. The molecule has 0 saturated heterocycles. The fourth-order valence-electron chi connectivity index (χ4n) is 1.94. The maximum atomic E-state index is 11.1. The van der Waals surface area contributed by atoms with Crippen LogP contribution in [0.25, 0.3) is 6.08 Å². The predicted octanol–water partition coefficient (Wildman–Crippen LogP) is 2.80. The van der Waals surface area contributed by atoms with Gasteiger partial charge in [0.1, 0.15) is 11.8 Å². The largest absolute Gasteiger partial charge is 0.496 e. The Morgan fingerprint density at radius 3 is 2.70 bits per heavy atom. The van der Waals surface area contributed by atoms with Crippen molar-refractivity contribution in [1.82, 2.24) is 5.32 Å². The lowest BCUT2D eigenvalue weighted by Gasteiger charge is -2.15. The van der Waals surface area contributed by atoms with Crippen LogP contribution < -0.4 is 10.1 Å². The number of carbonyl (C=O) groups is 1. The first-order chi connectivity index (χ1) is 9.54. The fraction of sp³-hybridized carbons (Fsp3) is 0.438. The van der Waals surface area contributed by atoms with Crippen LogP contribution in [0.4, 0.5) is 0 Å². The number of benzene rings is 1. The van der Waals surface area contributed by atoms with E-state index in [4.69, 9.17) is 9.84 Å². The molecule has 20 heavy (non-hydrogen) atoms. The minimum absolute atomic E-state index is 0.349. The quantitative estimate of drug-likeness (QED) is 0.767. The lowest BCUT2D eigenvalue weighted by atomic mass is 10.0. The van der Waals surface area contributed by atoms with Crippen molar-refractivity contribution in [3.8, 4) is 5.75 Å². The molecule has 0 unspecified atom stereocenters. The van der Waals surface area contributed by atoms with Crippen LogP contribution in [0.15, 0.2) is 30.3 Å². The Kier molecular flexibility index (Phi) is 6.81. The van der Waals surface area contributed by atoms with Crippen LogP contribution in [0.5, 0.6) is 5.75 Å². The molecule has 0 fully saturated rings. The van der Waals surface area contributed by atoms with Gasteiger partial charge in [-0.25, -0.2) is 0 Å². The first kappa shape index (κ1) is 16.2. The number of rotatable bonds is 8. The van der Waals surface area contributed by atoms with Gasteiger partial charge < -0.3 is 15.2 Å². The molecule has 0 amide bonds. The minimum atomic E-state index is -0.801. The first-order valence-electron chi connectivity index (χ1n) is 6.80. The molecule has 1 rings (SSSR count). The lowest BCUT2D eigenvalue weighted by Crippen LogP contribution is -2.37. The third kappa shape index (κ3) is 5.45. The van der Waals surface area contributed by atoms with E-state index in [-0.39, 0.29) is 0 Å². The Labute approximate surface area is 120 Å². The number of carboxylic acids is 1. The molecular formula is C16H23NO3. The van der Waals surface area contributed by atoms with E-state index in [1.807, 2.05) is 50.3 Å². The van der Waals surface area contributed by atoms with Gasteiger partial charge in [-0.2, -0.15) is 0 Å². The number of hydrogen-bond donors (Lipinski definition) is 2. The minimum Gasteiger partial charge on any atom is -0.496 e. The summed E-state index contributed by atoms with van der Waals surface area (Å²) in [7, 11) is 1.63. The van der Waals surface area contributed by atoms with Crippen molar-refractivity contribution in [3.63, 3.8) is 0 Å². The second-order valence-electron chi connectivity index (χ2n) is 5.07. The number of nitrogens with one attached hydrogen (secondary N) is 1. The monoisotopic (exact) mass is 277 g/mol. The van der Waals surface area contributed by atoms with Crippen LogP contribution in [-0.2, 0) is 4.79 Å². The molecule has 110 valence electrons. The number of methoxy groups -OCH3 is 1. The highest BCUT2D eigenvalue weighted by Gasteiger charge is 2.16. The molecule has 0 aliphatic carbocycles. The Morgan fingerprint density at radius 2 is 2.10 bits per heavy atom. The third-order valence-corrected chi connectivity index (χ3v) is 2.92. The van der Waals surface area contributed by atoms with Gasteiger partial charge in [0, 0.05) is 12.1 Å². The summed E-state index contributed by atoms with van der Waals surface area (Å²) >= 11 is 0. The second kappa shape index (κ2) is 8.38. The summed E-state index contributed by atoms with van der Waals surface area (Å²) in [6, 6.07) is 7.20. The summed E-state index contributed by atoms with van der Waals surface area (Å²) < 4.78 is 5.25. The van der Waals surface area contributed by atoms with Crippen molar-refractivity contribution in [2.24, 2.45) is 5.92 Å². The van der Waals surface area contributed by atoms with E-state index < -0.39 is 12.0 Å². The molecule has 0 aliphatic rings. The first-order valence-corrected chi connectivity index (χ1v) is 6.80. The number of para-hydroxylation sites is 1. The molecule has 0 heterocycles. The Bertz CT molecular complexity index is 455. The molecule has 0 spiro atoms. The molecule has 0 bridgehead atoms. The zero-order valence-corrected chi connectivity index (χ0v) is 12.3. The van der Waals surface area contributed by atoms with Crippen LogP contribution >= 0.6 is 0 Å². The van der Waals surface area contributed by atoms with Crippen molar-refractivity contribution in [2.45, 2.75) is 26.3 Å². The number of ether oxygens (including phenoxy) is 1. The topological polar surface area (TPSA) is 58.6 Å². The number of carboxylic acid groups (broad SMARTS) is 1. The molecule has 1 aromatic carbocycles. The molecule has 2 N–H and O–H groups in total. The fourth-order valence-corrected chi connectivity index (χ4v) is 1.94. The van der Waals surface area contributed by atoms with Crippen molar-refractivity contribution < 1.29 is 14.6 Å². The molecule has 0 aliphatic heterocycles. The standard InChI is InChI=1S/C16H23NO3/c1-12(2)11-14(16(18)19)17-10-6-8-13-7-4-5-9-15(13)20-3/h4-9,12,14,17H,10-11H2,1-3H3,(H,18,19)/b8-6+/t14-/m0/s1. The number of aliphatic carboxylic acids is 1. The third-order valence-electron chi connectivity index (χ3n) is 2.92. The van der Waals surface area contributed by atoms with Crippen LogP contribution in [0.1, 0.15) is 25.8 Å². The average molecular weight is 277 g/mol. The highest BCUT2D eigenvalue weighted by molar-refractivity contribution is 5.73. The van der Waals surface area contributed by atoms with Crippen LogP contribution in [0, 0.1) is 5.92 Å². The van der Waals surface area contributed by atoms with E-state index in [1.54, 1.807) is 7.11 Å². The van der Waals surface area contributed by atoms with Crippen molar-refractivity contribution >= 4 is 12.0 Å². The van der Waals surface area contributed by atoms with E-state index in [0.717, 1.165) is 11.3 Å². The van der Waals surface area contributed by atoms with Gasteiger partial charge in [0.15, 0.2) is 0 Å². The van der Waals surface area contributed by atoms with E-state index in [1.165, 1.54) is 0 Å². The van der Waals surface area contributed by atoms with Gasteiger partial charge in [-0.15, -0.1) is 0 Å². The summed E-state index contributed by atoms with van der Waals surface area (Å²) in [5.74, 6) is 0.354. The van der Waals surface area contributed by atoms with Crippen molar-refractivity contribution in [3.05, 3.63) is 35.9 Å². The van der Waals surface area contributed by atoms with Crippen LogP contribution in [0.2, 0.25) is 0 Å². The molecule has 0 saturated carbocycles. The molecule has 1 atom stereocenters. The van der Waals surface area contributed by atoms with E-state index >= 15 is 0 Å². The molecule has 0 radical (unpaired) electrons. The Balaban J connectivity index is 2.53. The summed E-state index contributed by atoms with van der Waals surface area (Å²) in [5, 5.41) is 12.1. The van der Waals surface area contributed by atoms with Gasteiger partial charge in [0.25, 0.3) is 0 Å². The molecular weight excluding hydrogens is 254 g/mol. The highest BCUT2D eigenvalue weighted by Crippen LogP contribution is 2.18. The maximum absolute atomic E-state index is 11.1. The van der Waals surface area contributed by atoms with Gasteiger partial charge in [0.2, 0.25) is 0 Å². The van der Waals surface area contributed by atoms with Crippen LogP contribution in [-0.4, -0.2) is 30.8 Å². The molecule has 1 aromatic rings. The van der Waals surface area contributed by atoms with E-state index in [9.17, 15) is 4.79 Å². The second-order valence-corrected chi connectivity index (χ2v) is 5.07. The number of hydrogen-bond acceptors (Lipinski definition) is 3. The van der Waals surface area contributed by atoms with Gasteiger partial charge in [-0.1, -0.05) is 44.2 Å². The van der Waals surface area contributed by atoms with E-state index in [2.05, 4.69) is 5.32 Å². The molecule has 0 aromatic heterocycles. The SMILES string of the molecule is COc1ccccc1/C=C/CN[C@@H](CC(C)C)C(=O)O. The summed E-state index contributed by atoms with van der Waals surface area (Å²) in [4.78, 5) is 11.1. The lowest BCUT2D eigenvalue weighted by molar-refractivity contribution is -0.139. The highest BCUT2D eigenvalue weighted by atomic mass is 16.5. The maximum Gasteiger partial charge on any atom is 0.320 e. The van der Waals surface area contributed by atoms with Gasteiger partial charge in [-0.05, 0) is 18.4 Å². The predicted molar refractivity (Wildman–Crippen MR) is 80.9 cm³/mol. The van der Waals surface area contributed by atoms with E-state index in [0.29, 0.717) is 18.9 Å². The zero-order valence-electron chi connectivity index (χ0n) is 12.3. The van der Waals surface area contributed by atoms with Gasteiger partial charge in [0.05, 0.1) is 7.11 Å². The van der Waals surface area contributed by atoms with Crippen LogP contribution in [0.3, 0.4) is 0 Å². The normalized spacial score (nSPS) is 12.8. The molecule has 4 nitrogen and oxygen atoms in total. The Morgan fingerprint density at radius 1 is 1.40 bits per heavy atom. The van der Waals surface area contributed by atoms with Crippen molar-refractivity contribution in [1.29, 1.82) is 0 Å². The van der Waals surface area contributed by atoms with Gasteiger partial charge in [-0.3, -0.25) is 4.79 Å². The molecule has 4 heteroatoms. The Hall–Kier alpha value is -1.81. The summed E-state index contributed by atoms with van der Waals surface area (Å²) in [6.07, 6.45) is 4.46. The average Bonchev–Trinajstić information content (AvgIpc) is 2.42. The van der Waals surface area contributed by atoms with Crippen molar-refractivity contribution in [2.75, 3.05) is 13.7 Å².